The number of carbonyl (C=O) groups is 1. The summed E-state index contributed by atoms with van der Waals surface area (Å²) in [6.07, 6.45) is 2.28. The molecule has 1 N–H and O–H groups in total. The number of aromatic nitrogens is 2. The third kappa shape index (κ3) is 3.59. The first-order chi connectivity index (χ1) is 12.2. The lowest BCUT2D eigenvalue weighted by Crippen LogP contribution is -2.37. The smallest absolute Gasteiger partial charge is 0.323 e. The van der Waals surface area contributed by atoms with E-state index >= 15 is 0 Å². The van der Waals surface area contributed by atoms with Gasteiger partial charge in [-0.15, -0.1) is 0 Å². The highest BCUT2D eigenvalue weighted by molar-refractivity contribution is 7.92. The first kappa shape index (κ1) is 19.2. The molecule has 0 bridgehead atoms. The maximum absolute atomic E-state index is 12.7. The normalized spacial score (nSPS) is 28.3. The summed E-state index contributed by atoms with van der Waals surface area (Å²) >= 11 is 0. The van der Waals surface area contributed by atoms with Gasteiger partial charge in [-0.3, -0.25) is 5.32 Å². The largest absolute Gasteiger partial charge is 0.380 e. The van der Waals surface area contributed by atoms with Gasteiger partial charge in [0, 0.05) is 32.2 Å². The molecule has 0 radical (unpaired) electrons. The number of anilines is 1. The fourth-order valence-electron chi connectivity index (χ4n) is 4.16. The van der Waals surface area contributed by atoms with E-state index in [1.165, 1.54) is 7.11 Å². The zero-order valence-corrected chi connectivity index (χ0v) is 16.6. The number of rotatable bonds is 5. The van der Waals surface area contributed by atoms with Gasteiger partial charge in [0.2, 0.25) is 0 Å². The van der Waals surface area contributed by atoms with E-state index in [0.717, 1.165) is 6.42 Å². The number of likely N-dealkylation sites (tertiary alicyclic amines) is 1. The number of urea groups is 1. The second kappa shape index (κ2) is 7.19. The molecule has 1 aromatic rings. The molecule has 2 saturated heterocycles. The van der Waals surface area contributed by atoms with Crippen molar-refractivity contribution in [3.63, 3.8) is 0 Å². The molecule has 2 aliphatic rings. The van der Waals surface area contributed by atoms with Gasteiger partial charge in [0.25, 0.3) is 0 Å². The van der Waals surface area contributed by atoms with Crippen LogP contribution in [-0.4, -0.2) is 66.4 Å². The molecule has 146 valence electrons. The molecule has 3 heterocycles. The Labute approximate surface area is 154 Å². The second-order valence-electron chi connectivity index (χ2n) is 7.78. The third-order valence-corrected chi connectivity index (χ3v) is 7.58. The molecule has 2 fully saturated rings. The first-order valence-corrected chi connectivity index (χ1v) is 10.8. The van der Waals surface area contributed by atoms with Gasteiger partial charge in [0.05, 0.1) is 29.3 Å². The van der Waals surface area contributed by atoms with Crippen molar-refractivity contribution < 1.29 is 17.9 Å². The van der Waals surface area contributed by atoms with E-state index in [1.54, 1.807) is 17.2 Å². The fourth-order valence-corrected chi connectivity index (χ4v) is 6.45. The molecule has 4 atom stereocenters. The van der Waals surface area contributed by atoms with Gasteiger partial charge in [0.1, 0.15) is 5.82 Å². The van der Waals surface area contributed by atoms with Crippen LogP contribution in [0, 0.1) is 11.8 Å². The lowest BCUT2D eigenvalue weighted by molar-refractivity contribution is 0.0825. The number of nitrogens with one attached hydrogen (secondary N) is 1. The minimum atomic E-state index is -3.21. The van der Waals surface area contributed by atoms with Gasteiger partial charge in [-0.2, -0.15) is 5.10 Å². The van der Waals surface area contributed by atoms with E-state index < -0.39 is 15.1 Å². The summed E-state index contributed by atoms with van der Waals surface area (Å²) in [5.74, 6) is 1.05. The molecule has 0 saturated carbocycles. The minimum absolute atomic E-state index is 0.0494. The molecule has 0 aromatic carbocycles. The maximum Gasteiger partial charge on any atom is 0.323 e. The van der Waals surface area contributed by atoms with Gasteiger partial charge in [-0.05, 0) is 19.3 Å². The van der Waals surface area contributed by atoms with E-state index in [9.17, 15) is 13.2 Å². The summed E-state index contributed by atoms with van der Waals surface area (Å²) in [6, 6.07) is 1.64. The van der Waals surface area contributed by atoms with Crippen LogP contribution in [-0.2, 0) is 14.6 Å². The van der Waals surface area contributed by atoms with Crippen molar-refractivity contribution in [3.05, 3.63) is 12.3 Å². The summed E-state index contributed by atoms with van der Waals surface area (Å²) in [5, 5.41) is 6.68. The summed E-state index contributed by atoms with van der Waals surface area (Å²) in [6.45, 7) is 6.97. The van der Waals surface area contributed by atoms with Crippen LogP contribution in [0.2, 0.25) is 0 Å². The first-order valence-electron chi connectivity index (χ1n) is 9.06. The van der Waals surface area contributed by atoms with Crippen molar-refractivity contribution in [3.8, 4) is 0 Å². The summed E-state index contributed by atoms with van der Waals surface area (Å²) < 4.78 is 31.7. The molecule has 26 heavy (non-hydrogen) atoms. The third-order valence-electron chi connectivity index (χ3n) is 5.37. The Morgan fingerprint density at radius 3 is 2.77 bits per heavy atom. The molecule has 1 aromatic heterocycles. The van der Waals surface area contributed by atoms with E-state index in [2.05, 4.69) is 31.2 Å². The molecular weight excluding hydrogens is 356 g/mol. The summed E-state index contributed by atoms with van der Waals surface area (Å²) in [5.41, 5.74) is 0. The average Bonchev–Trinajstić information content (AvgIpc) is 3.22. The van der Waals surface area contributed by atoms with E-state index in [-0.39, 0.29) is 36.4 Å². The predicted molar refractivity (Wildman–Crippen MR) is 98.8 cm³/mol. The number of ether oxygens (including phenoxy) is 1. The summed E-state index contributed by atoms with van der Waals surface area (Å²) in [4.78, 5) is 14.3. The lowest BCUT2D eigenvalue weighted by Gasteiger charge is -2.22. The standard InChI is InChI=1S/C17H28N4O4S/c1-11(2)7-12(3)21-16(5-6-18-21)19-17(22)20-8-13-14(25-4)10-26(23,24)15(13)9-20/h5-6,11-15H,7-10H2,1-4H3,(H,19,22)/t12?,13-,14+,15-/m0/s1. The van der Waals surface area contributed by atoms with Crippen LogP contribution >= 0.6 is 0 Å². The van der Waals surface area contributed by atoms with Crippen LogP contribution in [0.15, 0.2) is 12.3 Å². The van der Waals surface area contributed by atoms with Crippen molar-refractivity contribution in [2.75, 3.05) is 31.3 Å². The number of nitrogens with zero attached hydrogens (tertiary/aromatic N) is 3. The van der Waals surface area contributed by atoms with Crippen molar-refractivity contribution in [2.24, 2.45) is 11.8 Å². The SMILES string of the molecule is CO[C@@H]1CS(=O)(=O)[C@H]2CN(C(=O)Nc3ccnn3C(C)CC(C)C)C[C@@H]12. The molecule has 8 nitrogen and oxygen atoms in total. The predicted octanol–water partition coefficient (Wildman–Crippen LogP) is 1.77. The molecule has 2 amide bonds. The Morgan fingerprint density at radius 2 is 2.12 bits per heavy atom. The van der Waals surface area contributed by atoms with Crippen molar-refractivity contribution in [1.29, 1.82) is 0 Å². The number of hydrogen-bond acceptors (Lipinski definition) is 5. The number of hydrogen-bond donors (Lipinski definition) is 1. The van der Waals surface area contributed by atoms with Gasteiger partial charge < -0.3 is 9.64 Å². The zero-order chi connectivity index (χ0) is 19.1. The molecule has 1 unspecified atom stereocenters. The Bertz CT molecular complexity index is 761. The van der Waals surface area contributed by atoms with Crippen LogP contribution in [0.5, 0.6) is 0 Å². The van der Waals surface area contributed by atoms with Gasteiger partial charge >= 0.3 is 6.03 Å². The van der Waals surface area contributed by atoms with E-state index in [1.807, 2.05) is 4.68 Å². The zero-order valence-electron chi connectivity index (χ0n) is 15.8. The van der Waals surface area contributed by atoms with Crippen molar-refractivity contribution in [2.45, 2.75) is 44.6 Å². The molecule has 2 aliphatic heterocycles. The topological polar surface area (TPSA) is 93.5 Å². The van der Waals surface area contributed by atoms with Crippen LogP contribution in [0.3, 0.4) is 0 Å². The van der Waals surface area contributed by atoms with Crippen molar-refractivity contribution in [1.82, 2.24) is 14.7 Å². The quantitative estimate of drug-likeness (QED) is 0.835. The monoisotopic (exact) mass is 384 g/mol. The minimum Gasteiger partial charge on any atom is -0.380 e. The Morgan fingerprint density at radius 1 is 1.38 bits per heavy atom. The fraction of sp³-hybridized carbons (Fsp3) is 0.765. The molecule has 0 spiro atoms. The Balaban J connectivity index is 1.68. The average molecular weight is 385 g/mol. The number of amides is 2. The Hall–Kier alpha value is -1.61. The number of carbonyl (C=O) groups excluding carboxylic acids is 1. The highest BCUT2D eigenvalue weighted by Gasteiger charge is 2.53. The highest BCUT2D eigenvalue weighted by atomic mass is 32.2. The highest BCUT2D eigenvalue weighted by Crippen LogP contribution is 2.35. The molecule has 3 rings (SSSR count). The van der Waals surface area contributed by atoms with Crippen LogP contribution < -0.4 is 5.32 Å². The Kier molecular flexibility index (Phi) is 5.30. The molecule has 9 heteroatoms. The second-order valence-corrected chi connectivity index (χ2v) is 10.0. The van der Waals surface area contributed by atoms with Crippen LogP contribution in [0.1, 0.15) is 33.2 Å². The van der Waals surface area contributed by atoms with Gasteiger partial charge in [-0.25, -0.2) is 17.9 Å². The number of sulfone groups is 1. The van der Waals surface area contributed by atoms with E-state index in [4.69, 9.17) is 4.74 Å². The lowest BCUT2D eigenvalue weighted by atomic mass is 10.0. The van der Waals surface area contributed by atoms with E-state index in [0.29, 0.717) is 18.3 Å². The van der Waals surface area contributed by atoms with Crippen LogP contribution in [0.25, 0.3) is 0 Å². The summed E-state index contributed by atoms with van der Waals surface area (Å²) in [7, 11) is -1.69. The number of fused-ring (bicyclic) bond motifs is 1. The van der Waals surface area contributed by atoms with Gasteiger partial charge in [0.15, 0.2) is 9.84 Å². The van der Waals surface area contributed by atoms with Crippen molar-refractivity contribution >= 4 is 21.7 Å². The number of methoxy groups -OCH3 is 1. The molecular formula is C17H28N4O4S. The molecule has 0 aliphatic carbocycles. The van der Waals surface area contributed by atoms with Crippen LogP contribution in [0.4, 0.5) is 10.6 Å². The van der Waals surface area contributed by atoms with Gasteiger partial charge in [-0.1, -0.05) is 13.8 Å². The maximum atomic E-state index is 12.7.